The van der Waals surface area contributed by atoms with Gasteiger partial charge in [-0.25, -0.2) is 0 Å². The second-order valence-corrected chi connectivity index (χ2v) is 5.72. The number of hydrogen-bond donors (Lipinski definition) is 2. The Balaban J connectivity index is 2.26. The van der Waals surface area contributed by atoms with Crippen LogP contribution in [0.25, 0.3) is 0 Å². The summed E-state index contributed by atoms with van der Waals surface area (Å²) in [6.45, 7) is 3.63. The summed E-state index contributed by atoms with van der Waals surface area (Å²) in [5.41, 5.74) is 6.09. The van der Waals surface area contributed by atoms with Gasteiger partial charge in [-0.3, -0.25) is 9.59 Å². The summed E-state index contributed by atoms with van der Waals surface area (Å²) in [5.74, 6) is -0.0800. The van der Waals surface area contributed by atoms with E-state index in [0.717, 1.165) is 11.3 Å². The molecule has 3 N–H and O–H groups in total. The van der Waals surface area contributed by atoms with Crippen molar-refractivity contribution in [3.8, 4) is 5.75 Å². The van der Waals surface area contributed by atoms with Gasteiger partial charge in [0, 0.05) is 0 Å². The minimum absolute atomic E-state index is 0.226. The molecule has 0 fully saturated rings. The van der Waals surface area contributed by atoms with Crippen LogP contribution >= 0.6 is 0 Å². The van der Waals surface area contributed by atoms with Crippen LogP contribution in [0.4, 0.5) is 5.69 Å². The van der Waals surface area contributed by atoms with Gasteiger partial charge in [0.25, 0.3) is 5.91 Å². The molecule has 0 aliphatic heterocycles. The lowest BCUT2D eigenvalue weighted by Gasteiger charge is -2.25. The molecule has 5 heteroatoms. The zero-order valence-corrected chi connectivity index (χ0v) is 13.4. The van der Waals surface area contributed by atoms with Crippen LogP contribution in [0.15, 0.2) is 48.5 Å². The Bertz CT molecular complexity index is 721. The number of rotatable bonds is 5. The molecular weight excluding hydrogens is 292 g/mol. The van der Waals surface area contributed by atoms with Crippen LogP contribution in [0.2, 0.25) is 0 Å². The van der Waals surface area contributed by atoms with E-state index in [-0.39, 0.29) is 11.5 Å². The van der Waals surface area contributed by atoms with E-state index in [2.05, 4.69) is 5.32 Å². The van der Waals surface area contributed by atoms with E-state index in [1.807, 2.05) is 38.1 Å². The normalized spacial score (nSPS) is 10.9. The first kappa shape index (κ1) is 16.5. The minimum atomic E-state index is -0.781. The monoisotopic (exact) mass is 312 g/mol. The second-order valence-electron chi connectivity index (χ2n) is 5.72. The topological polar surface area (TPSA) is 81.4 Å². The molecule has 0 spiro atoms. The standard InChI is InChI=1S/C18H20N2O3/c1-18(2,12-8-10-13(23-3)11-9-12)17(22)20-15-7-5-4-6-14(15)16(19)21/h4-11H,1-3H3,(H2,19,21)(H,20,22). The molecule has 5 nitrogen and oxygen atoms in total. The quantitative estimate of drug-likeness (QED) is 0.890. The predicted molar refractivity (Wildman–Crippen MR) is 89.6 cm³/mol. The highest BCUT2D eigenvalue weighted by atomic mass is 16.5. The van der Waals surface area contributed by atoms with Gasteiger partial charge < -0.3 is 15.8 Å². The summed E-state index contributed by atoms with van der Waals surface area (Å²) in [4.78, 5) is 24.1. The molecule has 2 rings (SSSR count). The van der Waals surface area contributed by atoms with Crippen molar-refractivity contribution in [3.63, 3.8) is 0 Å². The molecule has 2 aromatic rings. The van der Waals surface area contributed by atoms with Gasteiger partial charge in [-0.15, -0.1) is 0 Å². The van der Waals surface area contributed by atoms with E-state index < -0.39 is 11.3 Å². The van der Waals surface area contributed by atoms with Crippen molar-refractivity contribution < 1.29 is 14.3 Å². The molecule has 0 unspecified atom stereocenters. The van der Waals surface area contributed by atoms with Crippen molar-refractivity contribution >= 4 is 17.5 Å². The van der Waals surface area contributed by atoms with Crippen molar-refractivity contribution in [1.29, 1.82) is 0 Å². The zero-order chi connectivity index (χ0) is 17.0. The van der Waals surface area contributed by atoms with Gasteiger partial charge in [-0.05, 0) is 43.7 Å². The molecule has 120 valence electrons. The summed E-state index contributed by atoms with van der Waals surface area (Å²) in [6.07, 6.45) is 0. The van der Waals surface area contributed by atoms with Gasteiger partial charge in [0.15, 0.2) is 0 Å². The smallest absolute Gasteiger partial charge is 0.250 e. The number of benzene rings is 2. The number of methoxy groups -OCH3 is 1. The fourth-order valence-electron chi connectivity index (χ4n) is 2.22. The molecule has 0 radical (unpaired) electrons. The highest BCUT2D eigenvalue weighted by Gasteiger charge is 2.30. The van der Waals surface area contributed by atoms with Crippen molar-refractivity contribution in [2.75, 3.05) is 12.4 Å². The first-order valence-electron chi connectivity index (χ1n) is 7.21. The summed E-state index contributed by atoms with van der Waals surface area (Å²) in [7, 11) is 1.59. The van der Waals surface area contributed by atoms with Crippen LogP contribution in [0.3, 0.4) is 0 Å². The molecular formula is C18H20N2O3. The molecule has 0 saturated heterocycles. The third-order valence-electron chi connectivity index (χ3n) is 3.82. The summed E-state index contributed by atoms with van der Waals surface area (Å²) >= 11 is 0. The van der Waals surface area contributed by atoms with E-state index in [0.29, 0.717) is 5.69 Å². The molecule has 0 atom stereocenters. The Morgan fingerprint density at radius 1 is 1.04 bits per heavy atom. The van der Waals surface area contributed by atoms with Gasteiger partial charge in [0.05, 0.1) is 23.8 Å². The van der Waals surface area contributed by atoms with Crippen LogP contribution in [0.1, 0.15) is 29.8 Å². The van der Waals surface area contributed by atoms with Crippen LogP contribution < -0.4 is 15.8 Å². The molecule has 2 aromatic carbocycles. The number of carbonyl (C=O) groups is 2. The largest absolute Gasteiger partial charge is 0.497 e. The van der Waals surface area contributed by atoms with Gasteiger partial charge in [-0.1, -0.05) is 24.3 Å². The maximum atomic E-state index is 12.7. The average Bonchev–Trinajstić information content (AvgIpc) is 2.55. The number of anilines is 1. The predicted octanol–water partition coefficient (Wildman–Crippen LogP) is 2.71. The number of carbonyl (C=O) groups excluding carboxylic acids is 2. The number of ether oxygens (including phenoxy) is 1. The number of para-hydroxylation sites is 1. The third kappa shape index (κ3) is 3.51. The zero-order valence-electron chi connectivity index (χ0n) is 13.4. The Morgan fingerprint density at radius 2 is 1.65 bits per heavy atom. The van der Waals surface area contributed by atoms with Crippen LogP contribution in [0.5, 0.6) is 5.75 Å². The van der Waals surface area contributed by atoms with Crippen molar-refractivity contribution in [1.82, 2.24) is 0 Å². The fraction of sp³-hybridized carbons (Fsp3) is 0.222. The van der Waals surface area contributed by atoms with Crippen LogP contribution in [-0.4, -0.2) is 18.9 Å². The Kier molecular flexibility index (Phi) is 4.69. The maximum Gasteiger partial charge on any atom is 0.250 e. The third-order valence-corrected chi connectivity index (χ3v) is 3.82. The fourth-order valence-corrected chi connectivity index (χ4v) is 2.22. The molecule has 0 aromatic heterocycles. The highest BCUT2D eigenvalue weighted by Crippen LogP contribution is 2.27. The van der Waals surface area contributed by atoms with Crippen LogP contribution in [0, 0.1) is 0 Å². The number of primary amides is 1. The summed E-state index contributed by atoms with van der Waals surface area (Å²) < 4.78 is 5.13. The van der Waals surface area contributed by atoms with Gasteiger partial charge in [-0.2, -0.15) is 0 Å². The molecule has 0 aliphatic carbocycles. The van der Waals surface area contributed by atoms with E-state index in [4.69, 9.17) is 10.5 Å². The molecule has 2 amide bonds. The lowest BCUT2D eigenvalue weighted by Crippen LogP contribution is -2.35. The van der Waals surface area contributed by atoms with E-state index in [1.54, 1.807) is 31.4 Å². The highest BCUT2D eigenvalue weighted by molar-refractivity contribution is 6.05. The number of nitrogens with two attached hydrogens (primary N) is 1. The summed E-state index contributed by atoms with van der Waals surface area (Å²) in [6, 6.07) is 14.0. The first-order chi connectivity index (χ1) is 10.9. The molecule has 0 saturated carbocycles. The minimum Gasteiger partial charge on any atom is -0.497 e. The number of amides is 2. The van der Waals surface area contributed by atoms with Crippen molar-refractivity contribution in [3.05, 3.63) is 59.7 Å². The van der Waals surface area contributed by atoms with E-state index in [9.17, 15) is 9.59 Å². The van der Waals surface area contributed by atoms with E-state index in [1.165, 1.54) is 0 Å². The molecule has 0 aliphatic rings. The molecule has 0 bridgehead atoms. The Labute approximate surface area is 135 Å². The molecule has 0 heterocycles. The first-order valence-corrected chi connectivity index (χ1v) is 7.21. The molecule has 23 heavy (non-hydrogen) atoms. The Morgan fingerprint density at radius 3 is 2.22 bits per heavy atom. The van der Waals surface area contributed by atoms with Gasteiger partial charge >= 0.3 is 0 Å². The number of hydrogen-bond acceptors (Lipinski definition) is 3. The van der Waals surface area contributed by atoms with Gasteiger partial charge in [0.2, 0.25) is 5.91 Å². The Hall–Kier alpha value is -2.82. The SMILES string of the molecule is COc1ccc(C(C)(C)C(=O)Nc2ccccc2C(N)=O)cc1. The van der Waals surface area contributed by atoms with Crippen LogP contribution in [-0.2, 0) is 10.2 Å². The lowest BCUT2D eigenvalue weighted by molar-refractivity contribution is -0.120. The van der Waals surface area contributed by atoms with Gasteiger partial charge in [0.1, 0.15) is 5.75 Å². The van der Waals surface area contributed by atoms with Crippen molar-refractivity contribution in [2.45, 2.75) is 19.3 Å². The summed E-state index contributed by atoms with van der Waals surface area (Å²) in [5, 5.41) is 2.79. The van der Waals surface area contributed by atoms with Crippen molar-refractivity contribution in [2.24, 2.45) is 5.73 Å². The lowest BCUT2D eigenvalue weighted by atomic mass is 9.83. The average molecular weight is 312 g/mol. The van der Waals surface area contributed by atoms with E-state index >= 15 is 0 Å². The number of nitrogens with one attached hydrogen (secondary N) is 1. The maximum absolute atomic E-state index is 12.7. The second kappa shape index (κ2) is 6.52.